The molecular weight excluding hydrogens is 312 g/mol. The molecule has 2 aromatic carbocycles. The average Bonchev–Trinajstić information content (AvgIpc) is 2.37. The largest absolute Gasteiger partial charge is 0.306 e. The minimum Gasteiger partial charge on any atom is -0.306 e. The van der Waals surface area contributed by atoms with Crippen molar-refractivity contribution in [3.05, 3.63) is 69.7 Å². The summed E-state index contributed by atoms with van der Waals surface area (Å²) in [7, 11) is 0. The molecule has 2 rings (SSSR count). The molecule has 0 aliphatic heterocycles. The van der Waals surface area contributed by atoms with E-state index in [1.807, 2.05) is 13.0 Å². The number of benzene rings is 2. The van der Waals surface area contributed by atoms with Gasteiger partial charge in [0.2, 0.25) is 0 Å². The number of hydrogen-bond donors (Lipinski definition) is 1. The van der Waals surface area contributed by atoms with E-state index in [1.54, 1.807) is 12.1 Å². The maximum atomic E-state index is 13.1. The lowest BCUT2D eigenvalue weighted by molar-refractivity contribution is 0.562. The van der Waals surface area contributed by atoms with Gasteiger partial charge in [-0.1, -0.05) is 34.1 Å². The van der Waals surface area contributed by atoms with Crippen LogP contribution >= 0.6 is 15.9 Å². The molecule has 0 spiro atoms. The third-order valence-corrected chi connectivity index (χ3v) is 3.70. The lowest BCUT2D eigenvalue weighted by atomic mass is 10.1. The normalized spacial score (nSPS) is 12.4. The Bertz CT molecular complexity index is 572. The second kappa shape index (κ2) is 6.26. The number of nitrogens with one attached hydrogen (secondary N) is 1. The van der Waals surface area contributed by atoms with Crippen molar-refractivity contribution in [1.29, 1.82) is 0 Å². The van der Waals surface area contributed by atoms with Gasteiger partial charge in [-0.05, 0) is 42.3 Å². The molecule has 1 atom stereocenters. The molecule has 1 N–H and O–H groups in total. The van der Waals surface area contributed by atoms with E-state index in [2.05, 4.69) is 21.2 Å². The van der Waals surface area contributed by atoms with Gasteiger partial charge in [-0.15, -0.1) is 0 Å². The van der Waals surface area contributed by atoms with Crippen LogP contribution in [0.3, 0.4) is 0 Å². The predicted octanol–water partition coefficient (Wildman–Crippen LogP) is 4.58. The summed E-state index contributed by atoms with van der Waals surface area (Å²) in [5.74, 6) is -0.511. The highest BCUT2D eigenvalue weighted by Crippen LogP contribution is 2.20. The zero-order valence-corrected chi connectivity index (χ0v) is 12.0. The average molecular weight is 326 g/mol. The summed E-state index contributed by atoms with van der Waals surface area (Å²) >= 11 is 3.33. The maximum absolute atomic E-state index is 13.1. The van der Waals surface area contributed by atoms with E-state index >= 15 is 0 Å². The Balaban J connectivity index is 2.02. The first-order valence-electron chi connectivity index (χ1n) is 5.99. The highest BCUT2D eigenvalue weighted by atomic mass is 79.9. The maximum Gasteiger partial charge on any atom is 0.124 e. The molecule has 0 aromatic heterocycles. The van der Waals surface area contributed by atoms with Gasteiger partial charge in [0, 0.05) is 17.1 Å². The quantitative estimate of drug-likeness (QED) is 0.867. The molecule has 0 fully saturated rings. The van der Waals surface area contributed by atoms with Crippen LogP contribution in [0.4, 0.5) is 8.78 Å². The molecule has 100 valence electrons. The molecule has 0 heterocycles. The van der Waals surface area contributed by atoms with Gasteiger partial charge in [0.15, 0.2) is 0 Å². The van der Waals surface area contributed by atoms with Crippen LogP contribution in [-0.2, 0) is 6.54 Å². The van der Waals surface area contributed by atoms with E-state index in [4.69, 9.17) is 0 Å². The van der Waals surface area contributed by atoms with Gasteiger partial charge in [0.1, 0.15) is 11.6 Å². The Morgan fingerprint density at radius 2 is 1.84 bits per heavy atom. The van der Waals surface area contributed by atoms with Crippen LogP contribution in [0.15, 0.2) is 46.9 Å². The Kier molecular flexibility index (Phi) is 4.66. The Morgan fingerprint density at radius 3 is 2.53 bits per heavy atom. The molecule has 0 aliphatic carbocycles. The van der Waals surface area contributed by atoms with Crippen LogP contribution in [0, 0.1) is 11.6 Å². The van der Waals surface area contributed by atoms with Crippen molar-refractivity contribution in [2.24, 2.45) is 0 Å². The van der Waals surface area contributed by atoms with Crippen molar-refractivity contribution >= 4 is 15.9 Å². The summed E-state index contributed by atoms with van der Waals surface area (Å²) in [4.78, 5) is 0. The summed E-state index contributed by atoms with van der Waals surface area (Å²) in [6.07, 6.45) is 0. The molecule has 0 saturated heterocycles. The minimum atomic E-state index is -0.270. The summed E-state index contributed by atoms with van der Waals surface area (Å²) in [6.45, 7) is 2.55. The number of hydrogen-bond acceptors (Lipinski definition) is 1. The first-order chi connectivity index (χ1) is 9.06. The molecule has 0 saturated carbocycles. The van der Waals surface area contributed by atoms with Gasteiger partial charge in [0.05, 0.1) is 0 Å². The second-order valence-electron chi connectivity index (χ2n) is 4.39. The fourth-order valence-electron chi connectivity index (χ4n) is 1.82. The van der Waals surface area contributed by atoms with Crippen LogP contribution in [0.2, 0.25) is 0 Å². The first-order valence-corrected chi connectivity index (χ1v) is 6.78. The monoisotopic (exact) mass is 325 g/mol. The van der Waals surface area contributed by atoms with E-state index in [9.17, 15) is 8.78 Å². The number of halogens is 3. The van der Waals surface area contributed by atoms with Crippen LogP contribution < -0.4 is 5.32 Å². The molecule has 0 aliphatic rings. The number of rotatable bonds is 4. The summed E-state index contributed by atoms with van der Waals surface area (Å²) < 4.78 is 26.8. The summed E-state index contributed by atoms with van der Waals surface area (Å²) in [6, 6.07) is 11.1. The van der Waals surface area contributed by atoms with Crippen LogP contribution in [0.25, 0.3) is 0 Å². The molecule has 19 heavy (non-hydrogen) atoms. The van der Waals surface area contributed by atoms with E-state index in [0.29, 0.717) is 6.54 Å². The van der Waals surface area contributed by atoms with Crippen molar-refractivity contribution in [2.45, 2.75) is 19.5 Å². The molecule has 0 unspecified atom stereocenters. The van der Waals surface area contributed by atoms with Crippen molar-refractivity contribution in [2.75, 3.05) is 0 Å². The van der Waals surface area contributed by atoms with Crippen LogP contribution in [-0.4, -0.2) is 0 Å². The Labute approximate surface area is 119 Å². The van der Waals surface area contributed by atoms with Gasteiger partial charge in [0.25, 0.3) is 0 Å². The Morgan fingerprint density at radius 1 is 1.11 bits per heavy atom. The lowest BCUT2D eigenvalue weighted by Crippen LogP contribution is -2.18. The van der Waals surface area contributed by atoms with Crippen molar-refractivity contribution < 1.29 is 8.78 Å². The van der Waals surface area contributed by atoms with Crippen molar-refractivity contribution in [3.63, 3.8) is 0 Å². The van der Waals surface area contributed by atoms with Crippen molar-refractivity contribution in [1.82, 2.24) is 5.32 Å². The van der Waals surface area contributed by atoms with Crippen molar-refractivity contribution in [3.8, 4) is 0 Å². The highest BCUT2D eigenvalue weighted by Gasteiger charge is 2.07. The molecule has 2 aromatic rings. The van der Waals surface area contributed by atoms with E-state index in [1.165, 1.54) is 24.3 Å². The molecular formula is C15H14BrF2N. The smallest absolute Gasteiger partial charge is 0.124 e. The summed E-state index contributed by atoms with van der Waals surface area (Å²) in [5, 5.41) is 3.28. The third-order valence-electron chi connectivity index (χ3n) is 2.96. The van der Waals surface area contributed by atoms with Crippen LogP contribution in [0.1, 0.15) is 24.1 Å². The zero-order chi connectivity index (χ0) is 13.8. The van der Waals surface area contributed by atoms with Gasteiger partial charge in [-0.3, -0.25) is 0 Å². The Hall–Kier alpha value is -1.26. The zero-order valence-electron chi connectivity index (χ0n) is 10.5. The standard InChI is InChI=1S/C15H14BrF2N/c1-10(11-3-2-4-13(17)7-11)19-9-12-5-6-14(18)8-15(12)16/h2-8,10,19H,9H2,1H3/t10-/m0/s1. The SMILES string of the molecule is C[C@H](NCc1ccc(F)cc1Br)c1cccc(F)c1. The molecule has 1 nitrogen and oxygen atoms in total. The van der Waals surface area contributed by atoms with Gasteiger partial charge in [-0.2, -0.15) is 0 Å². The second-order valence-corrected chi connectivity index (χ2v) is 5.25. The van der Waals surface area contributed by atoms with Gasteiger partial charge >= 0.3 is 0 Å². The highest BCUT2D eigenvalue weighted by molar-refractivity contribution is 9.10. The van der Waals surface area contributed by atoms with E-state index < -0.39 is 0 Å². The molecule has 0 radical (unpaired) electrons. The topological polar surface area (TPSA) is 12.0 Å². The first kappa shape index (κ1) is 14.2. The molecule has 0 amide bonds. The van der Waals surface area contributed by atoms with E-state index in [0.717, 1.165) is 15.6 Å². The summed E-state index contributed by atoms with van der Waals surface area (Å²) in [5.41, 5.74) is 1.85. The fraction of sp³-hybridized carbons (Fsp3) is 0.200. The fourth-order valence-corrected chi connectivity index (χ4v) is 2.31. The predicted molar refractivity (Wildman–Crippen MR) is 75.8 cm³/mol. The minimum absolute atomic E-state index is 0.0210. The molecule has 0 bridgehead atoms. The van der Waals surface area contributed by atoms with Gasteiger partial charge in [-0.25, -0.2) is 8.78 Å². The van der Waals surface area contributed by atoms with E-state index in [-0.39, 0.29) is 17.7 Å². The lowest BCUT2D eigenvalue weighted by Gasteiger charge is -2.15. The van der Waals surface area contributed by atoms with Gasteiger partial charge < -0.3 is 5.32 Å². The third kappa shape index (κ3) is 3.85. The van der Waals surface area contributed by atoms with Crippen LogP contribution in [0.5, 0.6) is 0 Å². The molecule has 4 heteroatoms.